The number of ketones is 1. The van der Waals surface area contributed by atoms with Gasteiger partial charge < -0.3 is 19.7 Å². The molecule has 0 bridgehead atoms. The molecular weight excluding hydrogens is 426 g/mol. The predicted molar refractivity (Wildman–Crippen MR) is 120 cm³/mol. The maximum atomic E-state index is 12.5. The first-order valence-corrected chi connectivity index (χ1v) is 11.6. The molecule has 2 heterocycles. The van der Waals surface area contributed by atoms with Crippen molar-refractivity contribution in [2.45, 2.75) is 57.7 Å². The summed E-state index contributed by atoms with van der Waals surface area (Å²) in [5.74, 6) is 0.0286. The third-order valence-corrected chi connectivity index (χ3v) is 6.03. The lowest BCUT2D eigenvalue weighted by Crippen LogP contribution is -2.48. The van der Waals surface area contributed by atoms with Crippen LogP contribution in [-0.4, -0.2) is 72.0 Å². The Balaban J connectivity index is 1.24. The molecule has 2 aliphatic heterocycles. The van der Waals surface area contributed by atoms with Crippen molar-refractivity contribution in [3.63, 3.8) is 0 Å². The van der Waals surface area contributed by atoms with Gasteiger partial charge in [0.25, 0.3) is 0 Å². The Morgan fingerprint density at radius 3 is 2.52 bits per heavy atom. The van der Waals surface area contributed by atoms with Crippen molar-refractivity contribution in [3.05, 3.63) is 35.9 Å². The maximum Gasteiger partial charge on any atom is 0.410 e. The van der Waals surface area contributed by atoms with Gasteiger partial charge in [-0.05, 0) is 25.3 Å². The average Bonchev–Trinajstić information content (AvgIpc) is 3.09. The quantitative estimate of drug-likeness (QED) is 0.540. The fourth-order valence-corrected chi connectivity index (χ4v) is 4.21. The van der Waals surface area contributed by atoms with Crippen LogP contribution >= 0.6 is 0 Å². The van der Waals surface area contributed by atoms with Gasteiger partial charge in [-0.3, -0.25) is 14.5 Å². The second-order valence-corrected chi connectivity index (χ2v) is 8.79. The minimum absolute atomic E-state index is 0.0723. The minimum atomic E-state index is -0.579. The number of piperidine rings is 1. The number of nitrogens with zero attached hydrogens (tertiary/aromatic N) is 2. The Kier molecular flexibility index (Phi) is 8.68. The second kappa shape index (κ2) is 11.7. The van der Waals surface area contributed by atoms with Gasteiger partial charge in [0.15, 0.2) is 0 Å². The molecule has 0 atom stereocenters. The van der Waals surface area contributed by atoms with Crippen LogP contribution in [0.2, 0.25) is 0 Å². The third kappa shape index (κ3) is 7.47. The number of benzene rings is 1. The van der Waals surface area contributed by atoms with E-state index in [1.807, 2.05) is 35.2 Å². The van der Waals surface area contributed by atoms with Gasteiger partial charge in [-0.25, -0.2) is 9.59 Å². The molecule has 0 aliphatic carbocycles. The van der Waals surface area contributed by atoms with Gasteiger partial charge in [0, 0.05) is 38.9 Å². The van der Waals surface area contributed by atoms with E-state index in [2.05, 4.69) is 5.32 Å². The summed E-state index contributed by atoms with van der Waals surface area (Å²) < 4.78 is 10.7. The summed E-state index contributed by atoms with van der Waals surface area (Å²) in [6.45, 7) is 3.79. The highest BCUT2D eigenvalue weighted by Crippen LogP contribution is 2.33. The SMILES string of the molecule is CC(=O)CN1CC2(CCN(C(=O)CCCCCNC(=O)OCc3ccccc3)CC2)OC1=O. The number of unbranched alkanes of at least 4 members (excludes halogenated alkanes) is 2. The molecule has 33 heavy (non-hydrogen) atoms. The highest BCUT2D eigenvalue weighted by molar-refractivity contribution is 5.83. The molecule has 2 saturated heterocycles. The van der Waals surface area contributed by atoms with Crippen LogP contribution in [0.5, 0.6) is 0 Å². The van der Waals surface area contributed by atoms with Gasteiger partial charge in [0.2, 0.25) is 5.91 Å². The number of nitrogens with one attached hydrogen (secondary N) is 1. The summed E-state index contributed by atoms with van der Waals surface area (Å²) in [6, 6.07) is 9.50. The molecule has 0 unspecified atom stereocenters. The summed E-state index contributed by atoms with van der Waals surface area (Å²) in [7, 11) is 0. The lowest BCUT2D eigenvalue weighted by atomic mass is 9.91. The molecule has 3 amide bonds. The van der Waals surface area contributed by atoms with Crippen molar-refractivity contribution in [1.82, 2.24) is 15.1 Å². The predicted octanol–water partition coefficient (Wildman–Crippen LogP) is 2.88. The van der Waals surface area contributed by atoms with Crippen molar-refractivity contribution in [2.75, 3.05) is 32.7 Å². The van der Waals surface area contributed by atoms with Crippen LogP contribution in [0.3, 0.4) is 0 Å². The summed E-state index contributed by atoms with van der Waals surface area (Å²) in [5.41, 5.74) is 0.360. The van der Waals surface area contributed by atoms with Crippen molar-refractivity contribution in [1.29, 1.82) is 0 Å². The van der Waals surface area contributed by atoms with E-state index in [0.717, 1.165) is 24.8 Å². The van der Waals surface area contributed by atoms with Crippen molar-refractivity contribution in [2.24, 2.45) is 0 Å². The molecule has 0 radical (unpaired) electrons. The van der Waals surface area contributed by atoms with Crippen LogP contribution in [0.4, 0.5) is 9.59 Å². The number of Topliss-reactive ketones (excluding diaryl/α,β-unsaturated/α-hetero) is 1. The number of hydrogen-bond acceptors (Lipinski definition) is 6. The molecule has 0 aromatic heterocycles. The number of carbonyl (C=O) groups is 4. The number of likely N-dealkylation sites (tertiary alicyclic amines) is 1. The van der Waals surface area contributed by atoms with Gasteiger partial charge in [0.05, 0.1) is 13.1 Å². The average molecular weight is 460 g/mol. The van der Waals surface area contributed by atoms with E-state index in [1.54, 1.807) is 0 Å². The number of amides is 3. The lowest BCUT2D eigenvalue weighted by molar-refractivity contribution is -0.134. The monoisotopic (exact) mass is 459 g/mol. The Morgan fingerprint density at radius 1 is 1.09 bits per heavy atom. The van der Waals surface area contributed by atoms with E-state index in [9.17, 15) is 19.2 Å². The van der Waals surface area contributed by atoms with Crippen molar-refractivity contribution >= 4 is 23.9 Å². The number of alkyl carbamates (subject to hydrolysis) is 1. The van der Waals surface area contributed by atoms with Crippen LogP contribution in [-0.2, 0) is 25.7 Å². The third-order valence-electron chi connectivity index (χ3n) is 6.03. The molecule has 2 fully saturated rings. The molecular formula is C24H33N3O6. The van der Waals surface area contributed by atoms with Gasteiger partial charge in [-0.2, -0.15) is 0 Å². The minimum Gasteiger partial charge on any atom is -0.445 e. The summed E-state index contributed by atoms with van der Waals surface area (Å²) >= 11 is 0. The number of hydrogen-bond donors (Lipinski definition) is 1. The fraction of sp³-hybridized carbons (Fsp3) is 0.583. The number of carbonyl (C=O) groups excluding carboxylic acids is 4. The standard InChI is InChI=1S/C24H33N3O6/c1-19(28)16-27-18-24(33-23(27)31)11-14-26(15-12-24)21(29)10-6-3-7-13-25-22(30)32-17-20-8-4-2-5-9-20/h2,4-5,8-9H,3,6-7,10-18H2,1H3,(H,25,30). The van der Waals surface area contributed by atoms with E-state index in [0.29, 0.717) is 45.4 Å². The molecule has 1 aromatic carbocycles. The van der Waals surface area contributed by atoms with Gasteiger partial charge >= 0.3 is 12.2 Å². The lowest BCUT2D eigenvalue weighted by Gasteiger charge is -2.37. The van der Waals surface area contributed by atoms with E-state index in [-0.39, 0.29) is 24.8 Å². The zero-order chi connectivity index (χ0) is 23.7. The largest absolute Gasteiger partial charge is 0.445 e. The first-order chi connectivity index (χ1) is 15.9. The molecule has 0 saturated carbocycles. The Labute approximate surface area is 194 Å². The van der Waals surface area contributed by atoms with Crippen LogP contribution < -0.4 is 5.32 Å². The molecule has 2 aliphatic rings. The normalized spacial score (nSPS) is 17.1. The second-order valence-electron chi connectivity index (χ2n) is 8.79. The molecule has 9 heteroatoms. The zero-order valence-electron chi connectivity index (χ0n) is 19.2. The Hall–Kier alpha value is -3.10. The fourth-order valence-electron chi connectivity index (χ4n) is 4.21. The van der Waals surface area contributed by atoms with Crippen LogP contribution in [0, 0.1) is 0 Å². The molecule has 3 rings (SSSR count). The van der Waals surface area contributed by atoms with Gasteiger partial charge in [-0.15, -0.1) is 0 Å². The Bertz CT molecular complexity index is 836. The van der Waals surface area contributed by atoms with Crippen LogP contribution in [0.15, 0.2) is 30.3 Å². The first-order valence-electron chi connectivity index (χ1n) is 11.6. The zero-order valence-corrected chi connectivity index (χ0v) is 19.2. The number of ether oxygens (including phenoxy) is 2. The Morgan fingerprint density at radius 2 is 1.82 bits per heavy atom. The van der Waals surface area contributed by atoms with Gasteiger partial charge in [0.1, 0.15) is 18.0 Å². The highest BCUT2D eigenvalue weighted by Gasteiger charge is 2.47. The van der Waals surface area contributed by atoms with E-state index < -0.39 is 17.8 Å². The molecule has 1 spiro atoms. The molecule has 1 N–H and O–H groups in total. The van der Waals surface area contributed by atoms with E-state index in [4.69, 9.17) is 9.47 Å². The smallest absolute Gasteiger partial charge is 0.410 e. The molecule has 180 valence electrons. The van der Waals surface area contributed by atoms with Crippen LogP contribution in [0.1, 0.15) is 51.0 Å². The molecule has 9 nitrogen and oxygen atoms in total. The summed E-state index contributed by atoms with van der Waals surface area (Å²) in [4.78, 5) is 50.8. The van der Waals surface area contributed by atoms with E-state index in [1.165, 1.54) is 11.8 Å². The van der Waals surface area contributed by atoms with E-state index >= 15 is 0 Å². The summed E-state index contributed by atoms with van der Waals surface area (Å²) in [6.07, 6.45) is 3.12. The van der Waals surface area contributed by atoms with Crippen LogP contribution in [0.25, 0.3) is 0 Å². The molecule has 1 aromatic rings. The topological polar surface area (TPSA) is 105 Å². The maximum absolute atomic E-state index is 12.5. The van der Waals surface area contributed by atoms with Crippen molar-refractivity contribution in [3.8, 4) is 0 Å². The highest BCUT2D eigenvalue weighted by atomic mass is 16.6. The van der Waals surface area contributed by atoms with Gasteiger partial charge in [-0.1, -0.05) is 36.8 Å². The van der Waals surface area contributed by atoms with Crippen molar-refractivity contribution < 1.29 is 28.7 Å². The number of rotatable bonds is 10. The first kappa shape index (κ1) is 24.5. The summed E-state index contributed by atoms with van der Waals surface area (Å²) in [5, 5.41) is 2.73.